The van der Waals surface area contributed by atoms with Crippen LogP contribution in [0.4, 0.5) is 5.69 Å². The van der Waals surface area contributed by atoms with Gasteiger partial charge in [-0.15, -0.1) is 11.8 Å². The maximum absolute atomic E-state index is 11.7. The van der Waals surface area contributed by atoms with Crippen LogP contribution in [-0.4, -0.2) is 16.8 Å². The second kappa shape index (κ2) is 6.12. The van der Waals surface area contributed by atoms with E-state index in [1.165, 1.54) is 11.8 Å². The van der Waals surface area contributed by atoms with Gasteiger partial charge in [0.15, 0.2) is 0 Å². The molecule has 0 heterocycles. The van der Waals surface area contributed by atoms with Gasteiger partial charge in [0, 0.05) is 4.90 Å². The van der Waals surface area contributed by atoms with Crippen LogP contribution in [-0.2, 0) is 4.79 Å². The lowest BCUT2D eigenvalue weighted by molar-refractivity contribution is -0.113. The van der Waals surface area contributed by atoms with Crippen LogP contribution >= 0.6 is 11.8 Å². The van der Waals surface area contributed by atoms with E-state index < -0.39 is 0 Å². The Morgan fingerprint density at radius 3 is 2.44 bits per heavy atom. The summed E-state index contributed by atoms with van der Waals surface area (Å²) in [7, 11) is 0. The Morgan fingerprint density at radius 2 is 1.72 bits per heavy atom. The molecule has 0 radical (unpaired) electrons. The highest BCUT2D eigenvalue weighted by atomic mass is 32.2. The lowest BCUT2D eigenvalue weighted by Crippen LogP contribution is -2.13. The number of para-hydroxylation sites is 2. The summed E-state index contributed by atoms with van der Waals surface area (Å²) < 4.78 is 0. The van der Waals surface area contributed by atoms with Crippen LogP contribution in [0.2, 0.25) is 0 Å². The zero-order valence-electron chi connectivity index (χ0n) is 9.67. The molecule has 2 rings (SSSR count). The number of hydrogen-bond donors (Lipinski definition) is 2. The molecule has 0 atom stereocenters. The van der Waals surface area contributed by atoms with E-state index in [4.69, 9.17) is 0 Å². The highest BCUT2D eigenvalue weighted by molar-refractivity contribution is 8.00. The third kappa shape index (κ3) is 3.53. The maximum Gasteiger partial charge on any atom is 0.234 e. The fourth-order valence-corrected chi connectivity index (χ4v) is 2.15. The van der Waals surface area contributed by atoms with Crippen LogP contribution in [0.5, 0.6) is 5.75 Å². The molecule has 0 unspecified atom stereocenters. The van der Waals surface area contributed by atoms with Crippen molar-refractivity contribution in [2.45, 2.75) is 4.90 Å². The third-order valence-corrected chi connectivity index (χ3v) is 3.30. The lowest BCUT2D eigenvalue weighted by atomic mass is 10.3. The Balaban J connectivity index is 1.88. The molecule has 4 heteroatoms. The quantitative estimate of drug-likeness (QED) is 0.655. The molecule has 0 saturated carbocycles. The Hall–Kier alpha value is -1.94. The average molecular weight is 259 g/mol. The number of aromatic hydroxyl groups is 1. The van der Waals surface area contributed by atoms with E-state index in [1.54, 1.807) is 24.3 Å². The standard InChI is InChI=1S/C14H13NO2S/c16-13-9-5-4-8-12(13)15-14(17)10-18-11-6-2-1-3-7-11/h1-9,16H,10H2,(H,15,17). The fraction of sp³-hybridized carbons (Fsp3) is 0.0714. The minimum Gasteiger partial charge on any atom is -0.506 e. The number of phenols is 1. The number of carbonyl (C=O) groups is 1. The summed E-state index contributed by atoms with van der Waals surface area (Å²) in [6.07, 6.45) is 0. The van der Waals surface area contributed by atoms with Crippen molar-refractivity contribution in [3.63, 3.8) is 0 Å². The van der Waals surface area contributed by atoms with Crippen LogP contribution < -0.4 is 5.32 Å². The first kappa shape index (κ1) is 12.5. The van der Waals surface area contributed by atoms with Gasteiger partial charge in [-0.3, -0.25) is 4.79 Å². The SMILES string of the molecule is O=C(CSc1ccccc1)Nc1ccccc1O. The van der Waals surface area contributed by atoms with Gasteiger partial charge in [-0.25, -0.2) is 0 Å². The first-order valence-electron chi connectivity index (χ1n) is 5.51. The minimum atomic E-state index is -0.134. The topological polar surface area (TPSA) is 49.3 Å². The molecule has 92 valence electrons. The van der Waals surface area contributed by atoms with Crippen molar-refractivity contribution in [2.24, 2.45) is 0 Å². The molecule has 1 amide bonds. The molecule has 0 aliphatic rings. The molecule has 18 heavy (non-hydrogen) atoms. The zero-order chi connectivity index (χ0) is 12.8. The molecule has 0 fully saturated rings. The van der Waals surface area contributed by atoms with E-state index >= 15 is 0 Å². The summed E-state index contributed by atoms with van der Waals surface area (Å²) in [6, 6.07) is 16.4. The number of hydrogen-bond acceptors (Lipinski definition) is 3. The number of phenolic OH excluding ortho intramolecular Hbond substituents is 1. The molecule has 0 bridgehead atoms. The number of benzene rings is 2. The molecule has 2 aromatic rings. The average Bonchev–Trinajstić information content (AvgIpc) is 2.40. The molecule has 0 saturated heterocycles. The van der Waals surface area contributed by atoms with Gasteiger partial charge in [-0.1, -0.05) is 30.3 Å². The Labute approximate surface area is 110 Å². The van der Waals surface area contributed by atoms with Crippen LogP contribution in [0.15, 0.2) is 59.5 Å². The van der Waals surface area contributed by atoms with Crippen molar-refractivity contribution in [3.05, 3.63) is 54.6 Å². The summed E-state index contributed by atoms with van der Waals surface area (Å²) in [6.45, 7) is 0. The summed E-state index contributed by atoms with van der Waals surface area (Å²) in [4.78, 5) is 12.7. The molecular weight excluding hydrogens is 246 g/mol. The van der Waals surface area contributed by atoms with Crippen molar-refractivity contribution in [1.29, 1.82) is 0 Å². The second-order valence-corrected chi connectivity index (χ2v) is 4.72. The molecule has 0 aromatic heterocycles. The van der Waals surface area contributed by atoms with Crippen LogP contribution in [0.25, 0.3) is 0 Å². The highest BCUT2D eigenvalue weighted by Crippen LogP contribution is 2.22. The molecule has 0 aliphatic carbocycles. The Morgan fingerprint density at radius 1 is 1.06 bits per heavy atom. The normalized spacial score (nSPS) is 10.0. The van der Waals surface area contributed by atoms with Gasteiger partial charge in [-0.2, -0.15) is 0 Å². The fourth-order valence-electron chi connectivity index (χ4n) is 1.43. The van der Waals surface area contributed by atoms with Crippen molar-refractivity contribution in [3.8, 4) is 5.75 Å². The summed E-state index contributed by atoms with van der Waals surface area (Å²) in [5, 5.41) is 12.2. The van der Waals surface area contributed by atoms with Crippen LogP contribution in [0.3, 0.4) is 0 Å². The highest BCUT2D eigenvalue weighted by Gasteiger charge is 2.06. The van der Waals surface area contributed by atoms with Crippen molar-refractivity contribution < 1.29 is 9.90 Å². The zero-order valence-corrected chi connectivity index (χ0v) is 10.5. The van der Waals surface area contributed by atoms with Crippen molar-refractivity contribution in [1.82, 2.24) is 0 Å². The third-order valence-electron chi connectivity index (χ3n) is 2.29. The van der Waals surface area contributed by atoms with Gasteiger partial charge < -0.3 is 10.4 Å². The monoisotopic (exact) mass is 259 g/mol. The molecule has 2 N–H and O–H groups in total. The smallest absolute Gasteiger partial charge is 0.234 e. The lowest BCUT2D eigenvalue weighted by Gasteiger charge is -2.06. The largest absolute Gasteiger partial charge is 0.506 e. The van der Waals surface area contributed by atoms with E-state index in [1.807, 2.05) is 30.3 Å². The van der Waals surface area contributed by atoms with Crippen molar-refractivity contribution >= 4 is 23.4 Å². The summed E-state index contributed by atoms with van der Waals surface area (Å²) in [5.41, 5.74) is 0.441. The van der Waals surface area contributed by atoms with Crippen molar-refractivity contribution in [2.75, 3.05) is 11.1 Å². The van der Waals surface area contributed by atoms with Gasteiger partial charge in [-0.05, 0) is 24.3 Å². The predicted octanol–water partition coefficient (Wildman–Crippen LogP) is 3.12. The molecular formula is C14H13NO2S. The van der Waals surface area contributed by atoms with Gasteiger partial charge in [0.05, 0.1) is 11.4 Å². The van der Waals surface area contributed by atoms with E-state index in [2.05, 4.69) is 5.32 Å². The van der Waals surface area contributed by atoms with Crippen LogP contribution in [0.1, 0.15) is 0 Å². The molecule has 0 aliphatic heterocycles. The van der Waals surface area contributed by atoms with E-state index in [0.717, 1.165) is 4.90 Å². The minimum absolute atomic E-state index is 0.0792. The van der Waals surface area contributed by atoms with Gasteiger partial charge in [0.1, 0.15) is 5.75 Å². The molecule has 3 nitrogen and oxygen atoms in total. The summed E-state index contributed by atoms with van der Waals surface area (Å²) in [5.74, 6) is 0.263. The second-order valence-electron chi connectivity index (χ2n) is 3.67. The number of anilines is 1. The Bertz CT molecular complexity index is 528. The first-order chi connectivity index (χ1) is 8.75. The van der Waals surface area contributed by atoms with Crippen LogP contribution in [0, 0.1) is 0 Å². The first-order valence-corrected chi connectivity index (χ1v) is 6.50. The van der Waals surface area contributed by atoms with Gasteiger partial charge in [0.25, 0.3) is 0 Å². The Kier molecular flexibility index (Phi) is 4.25. The maximum atomic E-state index is 11.7. The molecule has 2 aromatic carbocycles. The van der Waals surface area contributed by atoms with Gasteiger partial charge in [0.2, 0.25) is 5.91 Å². The van der Waals surface area contributed by atoms with E-state index in [9.17, 15) is 9.90 Å². The molecule has 0 spiro atoms. The van der Waals surface area contributed by atoms with E-state index in [0.29, 0.717) is 11.4 Å². The number of rotatable bonds is 4. The number of thioether (sulfide) groups is 1. The van der Waals surface area contributed by atoms with E-state index in [-0.39, 0.29) is 11.7 Å². The predicted molar refractivity (Wildman–Crippen MR) is 73.9 cm³/mol. The summed E-state index contributed by atoms with van der Waals surface area (Å²) >= 11 is 1.46. The number of carbonyl (C=O) groups excluding carboxylic acids is 1. The number of nitrogens with one attached hydrogen (secondary N) is 1. The number of amides is 1. The van der Waals surface area contributed by atoms with Gasteiger partial charge >= 0.3 is 0 Å².